The monoisotopic (exact) mass is 215 g/mol. The van der Waals surface area contributed by atoms with E-state index in [0.717, 1.165) is 0 Å². The molecule has 0 radical (unpaired) electrons. The molecule has 1 rings (SSSR count). The molecule has 0 aliphatic heterocycles. The zero-order valence-electron chi connectivity index (χ0n) is 7.84. The number of hydrogen-bond donors (Lipinski definition) is 3. The number of aliphatic hydroxyl groups excluding tert-OH is 1. The summed E-state index contributed by atoms with van der Waals surface area (Å²) in [6, 6.07) is 0. The van der Waals surface area contributed by atoms with Crippen LogP contribution in [0.1, 0.15) is 0 Å². The molecule has 8 heteroatoms. The summed E-state index contributed by atoms with van der Waals surface area (Å²) in [5.41, 5.74) is -0.255. The zero-order valence-corrected chi connectivity index (χ0v) is 7.84. The molecular weight excluding hydrogens is 204 g/mol. The van der Waals surface area contributed by atoms with Crippen LogP contribution >= 0.6 is 0 Å². The van der Waals surface area contributed by atoms with Crippen LogP contribution in [0.3, 0.4) is 0 Å². The van der Waals surface area contributed by atoms with E-state index in [2.05, 4.69) is 10.3 Å². The molecule has 1 aromatic heterocycles. The van der Waals surface area contributed by atoms with E-state index in [9.17, 15) is 15.2 Å². The van der Waals surface area contributed by atoms with Gasteiger partial charge >= 0.3 is 5.62 Å². The fourth-order valence-electron chi connectivity index (χ4n) is 1.05. The lowest BCUT2D eigenvalue weighted by Crippen LogP contribution is -2.36. The van der Waals surface area contributed by atoms with Gasteiger partial charge in [-0.25, -0.2) is 9.55 Å². The molecule has 0 aliphatic carbocycles. The number of amides is 1. The molecule has 1 aromatic rings. The Morgan fingerprint density at radius 1 is 1.67 bits per heavy atom. The van der Waals surface area contributed by atoms with Gasteiger partial charge in [-0.05, 0) is 0 Å². The molecule has 0 atom stereocenters. The van der Waals surface area contributed by atoms with Crippen molar-refractivity contribution in [3.63, 3.8) is 0 Å². The van der Waals surface area contributed by atoms with Crippen LogP contribution in [-0.2, 0) is 11.3 Å². The van der Waals surface area contributed by atoms with Gasteiger partial charge in [-0.15, -0.1) is 0 Å². The average Bonchev–Trinajstić information content (AvgIpc) is 2.62. The van der Waals surface area contributed by atoms with Gasteiger partial charge in [0.1, 0.15) is 0 Å². The standard InChI is InChI=1S/C7H11N4O4/c12-4-2-8-6(13)5-10-3-1-9-7(10)11(14)15/h1,3,9,12H,2,4-5H2,(H-,8,13,14,15)/q-1. The fourth-order valence-corrected chi connectivity index (χ4v) is 1.05. The van der Waals surface area contributed by atoms with Crippen LogP contribution in [-0.4, -0.2) is 33.7 Å². The van der Waals surface area contributed by atoms with Crippen molar-refractivity contribution >= 4 is 5.91 Å². The van der Waals surface area contributed by atoms with E-state index in [-0.39, 0.29) is 25.3 Å². The first-order chi connectivity index (χ1) is 7.15. The number of imidazole rings is 1. The summed E-state index contributed by atoms with van der Waals surface area (Å²) in [7, 11) is 0. The Balaban J connectivity index is 2.69. The lowest BCUT2D eigenvalue weighted by molar-refractivity contribution is -0.121. The second kappa shape index (κ2) is 5.05. The maximum Gasteiger partial charge on any atom is 0.358 e. The number of aromatic nitrogens is 2. The number of carbonyl (C=O) groups excluding carboxylic acids is 1. The molecular formula is C7H11N4O4-. The summed E-state index contributed by atoms with van der Waals surface area (Å²) < 4.78 is 1.17. The third-order valence-electron chi connectivity index (χ3n) is 1.66. The van der Waals surface area contributed by atoms with Crippen molar-refractivity contribution in [3.8, 4) is 0 Å². The number of aromatic amines is 1. The Kier molecular flexibility index (Phi) is 3.75. The first-order valence-corrected chi connectivity index (χ1v) is 4.24. The summed E-state index contributed by atoms with van der Waals surface area (Å²) in [6.07, 6.45) is 2.77. The van der Waals surface area contributed by atoms with Gasteiger partial charge in [0.05, 0.1) is 19.0 Å². The maximum atomic E-state index is 11.2. The van der Waals surface area contributed by atoms with Gasteiger partial charge in [-0.2, -0.15) is 0 Å². The lowest BCUT2D eigenvalue weighted by Gasteiger charge is -2.12. The van der Waals surface area contributed by atoms with E-state index in [4.69, 9.17) is 5.11 Å². The van der Waals surface area contributed by atoms with Gasteiger partial charge < -0.3 is 20.8 Å². The molecule has 0 unspecified atom stereocenters. The molecule has 0 saturated carbocycles. The smallest absolute Gasteiger partial charge is 0.358 e. The minimum Gasteiger partial charge on any atom is -0.744 e. The van der Waals surface area contributed by atoms with Crippen molar-refractivity contribution < 1.29 is 9.90 Å². The number of H-pyrrole nitrogens is 1. The van der Waals surface area contributed by atoms with E-state index >= 15 is 0 Å². The highest BCUT2D eigenvalue weighted by molar-refractivity contribution is 5.75. The highest BCUT2D eigenvalue weighted by atomic mass is 16.8. The average molecular weight is 215 g/mol. The molecule has 0 aliphatic rings. The largest absolute Gasteiger partial charge is 0.744 e. The van der Waals surface area contributed by atoms with E-state index < -0.39 is 10.8 Å². The van der Waals surface area contributed by atoms with E-state index in [0.29, 0.717) is 0 Å². The van der Waals surface area contributed by atoms with Gasteiger partial charge in [0.2, 0.25) is 0 Å². The molecule has 0 spiro atoms. The van der Waals surface area contributed by atoms with Gasteiger partial charge in [0.25, 0.3) is 5.91 Å². The quantitative estimate of drug-likeness (QED) is 0.489. The number of rotatable bonds is 4. The third kappa shape index (κ3) is 3.02. The summed E-state index contributed by atoms with van der Waals surface area (Å²) in [4.78, 5) is 13.0. The predicted molar refractivity (Wildman–Crippen MR) is 50.9 cm³/mol. The van der Waals surface area contributed by atoms with Crippen molar-refractivity contribution in [2.75, 3.05) is 13.2 Å². The van der Waals surface area contributed by atoms with E-state index in [1.165, 1.54) is 17.0 Å². The fraction of sp³-hybridized carbons (Fsp3) is 0.429. The minimum atomic E-state index is -0.612. The van der Waals surface area contributed by atoms with Crippen LogP contribution in [0.25, 0.3) is 0 Å². The van der Waals surface area contributed by atoms with Crippen LogP contribution in [0.5, 0.6) is 0 Å². The SMILES string of the molecule is O=C(Cn1cc[nH]c1=[N+]([O-])[O-])NCCO. The molecule has 84 valence electrons. The third-order valence-corrected chi connectivity index (χ3v) is 1.66. The molecule has 8 nitrogen and oxygen atoms in total. The first kappa shape index (κ1) is 11.1. The summed E-state index contributed by atoms with van der Waals surface area (Å²) in [6.45, 7) is -0.178. The van der Waals surface area contributed by atoms with Crippen LogP contribution in [0.4, 0.5) is 0 Å². The van der Waals surface area contributed by atoms with Crippen molar-refractivity contribution in [1.82, 2.24) is 19.8 Å². The maximum absolute atomic E-state index is 11.2. The molecule has 0 aromatic carbocycles. The number of nitrogens with zero attached hydrogens (tertiary/aromatic N) is 2. The molecule has 3 N–H and O–H groups in total. The topological polar surface area (TPSA) is 119 Å². The summed E-state index contributed by atoms with van der Waals surface area (Å²) in [5.74, 6) is -0.392. The van der Waals surface area contributed by atoms with Gasteiger partial charge in [0, 0.05) is 6.54 Å². The van der Waals surface area contributed by atoms with Crippen molar-refractivity contribution in [1.29, 1.82) is 0 Å². The Hall–Kier alpha value is -1.96. The molecule has 15 heavy (non-hydrogen) atoms. The summed E-state index contributed by atoms with van der Waals surface area (Å²) in [5, 5.41) is 31.8. The Labute approximate surface area is 84.6 Å². The zero-order chi connectivity index (χ0) is 11.3. The Morgan fingerprint density at radius 3 is 3.00 bits per heavy atom. The van der Waals surface area contributed by atoms with Crippen molar-refractivity contribution in [2.45, 2.75) is 6.54 Å². The van der Waals surface area contributed by atoms with E-state index in [1.807, 2.05) is 0 Å². The number of carbonyl (C=O) groups is 1. The molecule has 1 amide bonds. The number of nitrogens with one attached hydrogen (secondary N) is 2. The van der Waals surface area contributed by atoms with E-state index in [1.54, 1.807) is 0 Å². The lowest BCUT2D eigenvalue weighted by atomic mass is 10.5. The van der Waals surface area contributed by atoms with Crippen LogP contribution in [0.15, 0.2) is 12.4 Å². The molecule has 0 fully saturated rings. The second-order valence-electron chi connectivity index (χ2n) is 2.74. The highest BCUT2D eigenvalue weighted by Crippen LogP contribution is 1.79. The second-order valence-corrected chi connectivity index (χ2v) is 2.74. The van der Waals surface area contributed by atoms with Crippen molar-refractivity contribution in [3.05, 3.63) is 28.4 Å². The normalized spacial score (nSPS) is 9.93. The van der Waals surface area contributed by atoms with Gasteiger partial charge in [-0.3, -0.25) is 9.70 Å². The Bertz CT molecular complexity index is 390. The molecule has 1 heterocycles. The molecule has 0 saturated heterocycles. The van der Waals surface area contributed by atoms with Crippen LogP contribution < -0.4 is 15.8 Å². The van der Waals surface area contributed by atoms with Crippen molar-refractivity contribution in [2.24, 2.45) is 0 Å². The number of hydrogen-bond acceptors (Lipinski definition) is 4. The number of aliphatic hydroxyl groups is 1. The molecule has 0 bridgehead atoms. The minimum absolute atomic E-state index is 0.137. The predicted octanol–water partition coefficient (Wildman–Crippen LogP) is -2.31. The van der Waals surface area contributed by atoms with Gasteiger partial charge in [-0.1, -0.05) is 0 Å². The summed E-state index contributed by atoms with van der Waals surface area (Å²) >= 11 is 0. The van der Waals surface area contributed by atoms with Gasteiger partial charge in [0.15, 0.2) is 6.54 Å². The first-order valence-electron chi connectivity index (χ1n) is 4.24. The van der Waals surface area contributed by atoms with Crippen LogP contribution in [0.2, 0.25) is 0 Å². The van der Waals surface area contributed by atoms with Crippen LogP contribution in [0, 0.1) is 10.4 Å². The highest BCUT2D eigenvalue weighted by Gasteiger charge is 2.07. The Morgan fingerprint density at radius 2 is 2.40 bits per heavy atom.